The Bertz CT molecular complexity index is 261. The molecule has 0 aromatic heterocycles. The minimum absolute atomic E-state index is 0.168. The van der Waals surface area contributed by atoms with Crippen molar-refractivity contribution in [2.75, 3.05) is 5.33 Å². The van der Waals surface area contributed by atoms with E-state index in [0.717, 1.165) is 0 Å². The first-order valence-corrected chi connectivity index (χ1v) is 5.46. The molecule has 0 radical (unpaired) electrons. The van der Waals surface area contributed by atoms with E-state index in [9.17, 15) is 13.2 Å². The second-order valence-electron chi connectivity index (χ2n) is 3.21. The van der Waals surface area contributed by atoms with Crippen LogP contribution in [0.5, 0.6) is 0 Å². The van der Waals surface area contributed by atoms with Crippen LogP contribution in [0.15, 0.2) is 0 Å². The van der Waals surface area contributed by atoms with E-state index < -0.39 is 24.4 Å². The first-order valence-electron chi connectivity index (χ1n) is 4.34. The van der Waals surface area contributed by atoms with Gasteiger partial charge in [-0.05, 0) is 19.3 Å². The van der Waals surface area contributed by atoms with Gasteiger partial charge in [0.2, 0.25) is 0 Å². The molecule has 0 fully saturated rings. The maximum absolute atomic E-state index is 12.0. The fourth-order valence-corrected chi connectivity index (χ4v) is 1.38. The summed E-state index contributed by atoms with van der Waals surface area (Å²) < 4.78 is 35.9. The van der Waals surface area contributed by atoms with Gasteiger partial charge < -0.3 is 0 Å². The van der Waals surface area contributed by atoms with Gasteiger partial charge in [-0.25, -0.2) is 0 Å². The summed E-state index contributed by atoms with van der Waals surface area (Å²) in [7, 11) is 0. The number of rotatable bonds is 5. The molecule has 2 nitrogen and oxygen atoms in total. The molecular formula is C9H10BrF3N2. The van der Waals surface area contributed by atoms with Crippen molar-refractivity contribution in [2.24, 2.45) is 5.41 Å². The molecule has 0 aromatic rings. The van der Waals surface area contributed by atoms with Crippen LogP contribution < -0.4 is 0 Å². The van der Waals surface area contributed by atoms with Crippen LogP contribution in [0.2, 0.25) is 0 Å². The number of hydrogen-bond acceptors (Lipinski definition) is 2. The van der Waals surface area contributed by atoms with Crippen molar-refractivity contribution in [3.05, 3.63) is 0 Å². The van der Waals surface area contributed by atoms with E-state index in [2.05, 4.69) is 15.9 Å². The van der Waals surface area contributed by atoms with Gasteiger partial charge in [0, 0.05) is 11.8 Å². The quantitative estimate of drug-likeness (QED) is 0.724. The molecule has 0 unspecified atom stereocenters. The van der Waals surface area contributed by atoms with E-state index in [-0.39, 0.29) is 6.42 Å². The fourth-order valence-electron chi connectivity index (χ4n) is 1.10. The predicted octanol–water partition coefficient (Wildman–Crippen LogP) is 3.54. The SMILES string of the molecule is N#CC(C#N)(CCCBr)CCC(F)(F)F. The molecular weight excluding hydrogens is 273 g/mol. The van der Waals surface area contributed by atoms with Crippen LogP contribution in [-0.2, 0) is 0 Å². The van der Waals surface area contributed by atoms with Crippen molar-refractivity contribution in [3.63, 3.8) is 0 Å². The molecule has 0 spiro atoms. The maximum atomic E-state index is 12.0. The van der Waals surface area contributed by atoms with Crippen LogP contribution in [0.1, 0.15) is 25.7 Å². The normalized spacial score (nSPS) is 11.9. The predicted molar refractivity (Wildman–Crippen MR) is 52.0 cm³/mol. The molecule has 0 amide bonds. The van der Waals surface area contributed by atoms with Crippen LogP contribution in [-0.4, -0.2) is 11.5 Å². The molecule has 84 valence electrons. The van der Waals surface area contributed by atoms with E-state index in [1.807, 2.05) is 0 Å². The second-order valence-corrected chi connectivity index (χ2v) is 4.01. The van der Waals surface area contributed by atoms with Gasteiger partial charge in [0.25, 0.3) is 0 Å². The molecule has 0 atom stereocenters. The van der Waals surface area contributed by atoms with Crippen molar-refractivity contribution in [1.29, 1.82) is 10.5 Å². The molecule has 0 aliphatic carbocycles. The minimum Gasteiger partial charge on any atom is -0.197 e. The van der Waals surface area contributed by atoms with Crippen molar-refractivity contribution in [3.8, 4) is 12.1 Å². The van der Waals surface area contributed by atoms with E-state index in [4.69, 9.17) is 10.5 Å². The molecule has 0 aromatic carbocycles. The van der Waals surface area contributed by atoms with E-state index in [1.165, 1.54) is 0 Å². The standard InChI is InChI=1S/C9H10BrF3N2/c10-5-1-2-8(6-14,7-15)3-4-9(11,12)13/h1-5H2. The zero-order valence-corrected chi connectivity index (χ0v) is 9.53. The summed E-state index contributed by atoms with van der Waals surface area (Å²) in [6.07, 6.45) is -5.17. The Balaban J connectivity index is 4.41. The molecule has 0 saturated carbocycles. The highest BCUT2D eigenvalue weighted by Gasteiger charge is 2.36. The van der Waals surface area contributed by atoms with Crippen molar-refractivity contribution in [1.82, 2.24) is 0 Å². The zero-order chi connectivity index (χ0) is 11.9. The lowest BCUT2D eigenvalue weighted by molar-refractivity contribution is -0.138. The van der Waals surface area contributed by atoms with Crippen LogP contribution in [0.25, 0.3) is 0 Å². The van der Waals surface area contributed by atoms with Crippen molar-refractivity contribution >= 4 is 15.9 Å². The van der Waals surface area contributed by atoms with Gasteiger partial charge in [-0.1, -0.05) is 15.9 Å². The highest BCUT2D eigenvalue weighted by atomic mass is 79.9. The Labute approximate surface area is 94.8 Å². The van der Waals surface area contributed by atoms with Gasteiger partial charge >= 0.3 is 6.18 Å². The van der Waals surface area contributed by atoms with Crippen LogP contribution >= 0.6 is 15.9 Å². The largest absolute Gasteiger partial charge is 0.389 e. The first kappa shape index (κ1) is 14.2. The van der Waals surface area contributed by atoms with Gasteiger partial charge in [0.15, 0.2) is 0 Å². The average Bonchev–Trinajstić information content (AvgIpc) is 2.18. The summed E-state index contributed by atoms with van der Waals surface area (Å²) in [5, 5.41) is 18.1. The Morgan fingerprint density at radius 3 is 1.87 bits per heavy atom. The lowest BCUT2D eigenvalue weighted by Crippen LogP contribution is -2.20. The molecule has 0 aliphatic heterocycles. The van der Waals surface area contributed by atoms with Crippen molar-refractivity contribution < 1.29 is 13.2 Å². The smallest absolute Gasteiger partial charge is 0.197 e. The Kier molecular flexibility index (Phi) is 5.67. The third-order valence-electron chi connectivity index (χ3n) is 2.00. The van der Waals surface area contributed by atoms with E-state index >= 15 is 0 Å². The summed E-state index contributed by atoms with van der Waals surface area (Å²) in [6.45, 7) is 0. The third kappa shape index (κ3) is 5.64. The third-order valence-corrected chi connectivity index (χ3v) is 2.56. The molecule has 0 rings (SSSR count). The lowest BCUT2D eigenvalue weighted by atomic mass is 9.82. The summed E-state index contributed by atoms with van der Waals surface area (Å²) in [6, 6.07) is 3.38. The average molecular weight is 283 g/mol. The number of halogens is 4. The fraction of sp³-hybridized carbons (Fsp3) is 0.778. The van der Waals surface area contributed by atoms with Gasteiger partial charge in [-0.15, -0.1) is 0 Å². The summed E-state index contributed by atoms with van der Waals surface area (Å²) in [5.74, 6) is 0. The van der Waals surface area contributed by atoms with Crippen LogP contribution in [0.3, 0.4) is 0 Å². The van der Waals surface area contributed by atoms with Gasteiger partial charge in [0.1, 0.15) is 5.41 Å². The molecule has 6 heteroatoms. The van der Waals surface area contributed by atoms with Gasteiger partial charge in [0.05, 0.1) is 12.1 Å². The number of nitrogens with zero attached hydrogens (tertiary/aromatic N) is 2. The van der Waals surface area contributed by atoms with Gasteiger partial charge in [-0.3, -0.25) is 0 Å². The van der Waals surface area contributed by atoms with Crippen molar-refractivity contribution in [2.45, 2.75) is 31.9 Å². The number of alkyl halides is 4. The van der Waals surface area contributed by atoms with Gasteiger partial charge in [-0.2, -0.15) is 23.7 Å². The summed E-state index contributed by atoms with van der Waals surface area (Å²) in [4.78, 5) is 0. The lowest BCUT2D eigenvalue weighted by Gasteiger charge is -2.18. The Morgan fingerprint density at radius 2 is 1.53 bits per heavy atom. The monoisotopic (exact) mass is 282 g/mol. The zero-order valence-electron chi connectivity index (χ0n) is 7.94. The molecule has 0 heterocycles. The minimum atomic E-state index is -4.31. The molecule has 0 saturated heterocycles. The number of hydrogen-bond donors (Lipinski definition) is 0. The van der Waals surface area contributed by atoms with E-state index in [0.29, 0.717) is 11.8 Å². The van der Waals surface area contributed by atoms with Crippen LogP contribution in [0.4, 0.5) is 13.2 Å². The maximum Gasteiger partial charge on any atom is 0.389 e. The Hall–Kier alpha value is -0.750. The Morgan fingerprint density at radius 1 is 1.00 bits per heavy atom. The van der Waals surface area contributed by atoms with E-state index in [1.54, 1.807) is 12.1 Å². The molecule has 0 N–H and O–H groups in total. The summed E-state index contributed by atoms with van der Waals surface area (Å²) in [5.41, 5.74) is -1.50. The number of nitriles is 2. The highest BCUT2D eigenvalue weighted by molar-refractivity contribution is 9.09. The summed E-state index contributed by atoms with van der Waals surface area (Å²) >= 11 is 3.11. The highest BCUT2D eigenvalue weighted by Crippen LogP contribution is 2.33. The first-order chi connectivity index (χ1) is 6.89. The molecule has 0 aliphatic rings. The molecule has 15 heavy (non-hydrogen) atoms. The second kappa shape index (κ2) is 5.97. The topological polar surface area (TPSA) is 47.6 Å². The van der Waals surface area contributed by atoms with Crippen LogP contribution in [0, 0.1) is 28.1 Å². The molecule has 0 bridgehead atoms.